The van der Waals surface area contributed by atoms with E-state index in [1.54, 1.807) is 25.7 Å². The molecule has 2 N–H and O–H groups in total. The zero-order valence-electron chi connectivity index (χ0n) is 20.2. The third-order valence-corrected chi connectivity index (χ3v) is 6.72. The fourth-order valence-corrected chi connectivity index (χ4v) is 4.86. The molecule has 4 aromatic rings. The average Bonchev–Trinajstić information content (AvgIpc) is 2.90. The molecule has 9 heteroatoms. The van der Waals surface area contributed by atoms with E-state index in [1.807, 2.05) is 24.3 Å². The molecule has 1 aromatic carbocycles. The molecule has 1 aliphatic rings. The maximum atomic E-state index is 15.2. The molecule has 5 rings (SSSR count). The summed E-state index contributed by atoms with van der Waals surface area (Å²) in [5.74, 6) is 0.300. The molecular formula is C27H29FN6O2. The fourth-order valence-electron chi connectivity index (χ4n) is 4.86. The van der Waals surface area contributed by atoms with Crippen LogP contribution in [0.4, 0.5) is 15.9 Å². The predicted octanol–water partition coefficient (Wildman–Crippen LogP) is 4.48. The number of H-pyrrole nitrogens is 1. The molecule has 4 heterocycles. The van der Waals surface area contributed by atoms with Gasteiger partial charge in [-0.1, -0.05) is 6.07 Å². The first-order chi connectivity index (χ1) is 17.6. The standard InChI is InChI=1S/C27H29FN6O2/c1-36-12-2-9-34-10-6-18(7-11-34)22-4-3-21(14-23(22)28)32-26-25-19(5-8-31-27(25)35)13-24(33-26)20-15-29-17-30-16-20/h3-5,8,13-18H,2,6-7,9-12H2,1H3,(H,31,35)(H,32,33). The first-order valence-electron chi connectivity index (χ1n) is 12.2. The number of methoxy groups -OCH3 is 1. The summed E-state index contributed by atoms with van der Waals surface area (Å²) in [6.07, 6.45) is 9.24. The van der Waals surface area contributed by atoms with Crippen molar-refractivity contribution >= 4 is 22.3 Å². The molecular weight excluding hydrogens is 459 g/mol. The van der Waals surface area contributed by atoms with Gasteiger partial charge in [-0.05, 0) is 73.5 Å². The summed E-state index contributed by atoms with van der Waals surface area (Å²) in [5, 5.41) is 4.29. The van der Waals surface area contributed by atoms with Crippen molar-refractivity contribution in [2.75, 3.05) is 38.7 Å². The lowest BCUT2D eigenvalue weighted by Gasteiger charge is -2.32. The van der Waals surface area contributed by atoms with Gasteiger partial charge in [-0.25, -0.2) is 19.3 Å². The molecule has 0 bridgehead atoms. The van der Waals surface area contributed by atoms with Crippen molar-refractivity contribution in [3.63, 3.8) is 0 Å². The van der Waals surface area contributed by atoms with E-state index in [0.717, 1.165) is 56.6 Å². The Morgan fingerprint density at radius 1 is 1.17 bits per heavy atom. The number of nitrogens with one attached hydrogen (secondary N) is 2. The molecule has 0 saturated carbocycles. The Bertz CT molecular complexity index is 1390. The van der Waals surface area contributed by atoms with Crippen LogP contribution in [0.5, 0.6) is 0 Å². The van der Waals surface area contributed by atoms with Crippen LogP contribution < -0.4 is 10.9 Å². The van der Waals surface area contributed by atoms with E-state index in [1.165, 1.54) is 12.4 Å². The molecule has 3 aromatic heterocycles. The molecule has 0 atom stereocenters. The number of anilines is 2. The van der Waals surface area contributed by atoms with Crippen molar-refractivity contribution in [3.05, 3.63) is 77.0 Å². The van der Waals surface area contributed by atoms with Crippen LogP contribution in [0.2, 0.25) is 0 Å². The first-order valence-corrected chi connectivity index (χ1v) is 12.2. The molecule has 0 spiro atoms. The Hall–Kier alpha value is -3.69. The lowest BCUT2D eigenvalue weighted by atomic mass is 9.89. The minimum absolute atomic E-state index is 0.195. The van der Waals surface area contributed by atoms with Crippen LogP contribution in [0.3, 0.4) is 0 Å². The van der Waals surface area contributed by atoms with Crippen LogP contribution in [0.25, 0.3) is 22.0 Å². The number of fused-ring (bicyclic) bond motifs is 1. The second kappa shape index (κ2) is 10.9. The molecule has 0 aliphatic carbocycles. The van der Waals surface area contributed by atoms with E-state index in [0.29, 0.717) is 28.0 Å². The van der Waals surface area contributed by atoms with Gasteiger partial charge in [0.1, 0.15) is 18.0 Å². The number of ether oxygens (including phenoxy) is 1. The number of pyridine rings is 2. The van der Waals surface area contributed by atoms with Gasteiger partial charge in [0, 0.05) is 50.1 Å². The Labute approximate surface area is 208 Å². The van der Waals surface area contributed by atoms with Crippen LogP contribution in [0.15, 0.2) is 60.0 Å². The molecule has 1 saturated heterocycles. The quantitative estimate of drug-likeness (QED) is 0.353. The number of aromatic nitrogens is 4. The predicted molar refractivity (Wildman–Crippen MR) is 138 cm³/mol. The van der Waals surface area contributed by atoms with Gasteiger partial charge in [0.2, 0.25) is 0 Å². The minimum Gasteiger partial charge on any atom is -0.385 e. The number of hydrogen-bond donors (Lipinski definition) is 2. The number of halogens is 1. The van der Waals surface area contributed by atoms with Crippen LogP contribution in [0, 0.1) is 5.82 Å². The van der Waals surface area contributed by atoms with Gasteiger partial charge in [-0.3, -0.25) is 4.79 Å². The summed E-state index contributed by atoms with van der Waals surface area (Å²) in [7, 11) is 1.72. The normalized spacial score (nSPS) is 14.8. The molecule has 1 aliphatic heterocycles. The summed E-state index contributed by atoms with van der Waals surface area (Å²) >= 11 is 0. The van der Waals surface area contributed by atoms with E-state index in [9.17, 15) is 4.79 Å². The first kappa shape index (κ1) is 24.0. The maximum absolute atomic E-state index is 15.2. The number of hydrogen-bond acceptors (Lipinski definition) is 7. The highest BCUT2D eigenvalue weighted by Gasteiger charge is 2.23. The van der Waals surface area contributed by atoms with Crippen molar-refractivity contribution in [2.45, 2.75) is 25.2 Å². The van der Waals surface area contributed by atoms with Gasteiger partial charge in [0.15, 0.2) is 0 Å². The average molecular weight is 489 g/mol. The number of benzene rings is 1. The van der Waals surface area contributed by atoms with E-state index >= 15 is 4.39 Å². The monoisotopic (exact) mass is 488 g/mol. The van der Waals surface area contributed by atoms with E-state index in [2.05, 4.69) is 30.2 Å². The number of piperidine rings is 1. The lowest BCUT2D eigenvalue weighted by Crippen LogP contribution is -2.34. The molecule has 186 valence electrons. The van der Waals surface area contributed by atoms with Crippen molar-refractivity contribution in [1.82, 2.24) is 24.8 Å². The Morgan fingerprint density at radius 3 is 2.72 bits per heavy atom. The SMILES string of the molecule is COCCCN1CCC(c2ccc(Nc3nc(-c4cncnc4)cc4cc[nH]c(=O)c34)cc2F)CC1. The molecule has 8 nitrogen and oxygen atoms in total. The molecule has 0 amide bonds. The highest BCUT2D eigenvalue weighted by atomic mass is 19.1. The third kappa shape index (κ3) is 5.27. The zero-order chi connectivity index (χ0) is 24.9. The van der Waals surface area contributed by atoms with Crippen molar-refractivity contribution < 1.29 is 9.13 Å². The van der Waals surface area contributed by atoms with Gasteiger partial charge in [0.05, 0.1) is 11.1 Å². The number of nitrogens with zero attached hydrogens (tertiary/aromatic N) is 4. The molecule has 36 heavy (non-hydrogen) atoms. The van der Waals surface area contributed by atoms with Gasteiger partial charge in [-0.15, -0.1) is 0 Å². The topological polar surface area (TPSA) is 96.0 Å². The van der Waals surface area contributed by atoms with Gasteiger partial charge in [-0.2, -0.15) is 0 Å². The van der Waals surface area contributed by atoms with Gasteiger partial charge < -0.3 is 19.9 Å². The van der Waals surface area contributed by atoms with Crippen LogP contribution in [-0.4, -0.2) is 58.2 Å². The van der Waals surface area contributed by atoms with Gasteiger partial charge >= 0.3 is 0 Å². The second-order valence-corrected chi connectivity index (χ2v) is 9.08. The molecule has 0 radical (unpaired) electrons. The summed E-state index contributed by atoms with van der Waals surface area (Å²) in [4.78, 5) is 30.5. The lowest BCUT2D eigenvalue weighted by molar-refractivity contribution is 0.157. The molecule has 1 fully saturated rings. The number of rotatable bonds is 8. The maximum Gasteiger partial charge on any atom is 0.259 e. The minimum atomic E-state index is -0.271. The smallest absolute Gasteiger partial charge is 0.259 e. The van der Waals surface area contributed by atoms with Crippen LogP contribution in [-0.2, 0) is 4.74 Å². The van der Waals surface area contributed by atoms with E-state index < -0.39 is 0 Å². The second-order valence-electron chi connectivity index (χ2n) is 9.08. The summed E-state index contributed by atoms with van der Waals surface area (Å²) in [6, 6.07) is 8.82. The van der Waals surface area contributed by atoms with Crippen molar-refractivity contribution in [3.8, 4) is 11.3 Å². The van der Waals surface area contributed by atoms with E-state index in [-0.39, 0.29) is 17.3 Å². The van der Waals surface area contributed by atoms with Crippen LogP contribution >= 0.6 is 0 Å². The largest absolute Gasteiger partial charge is 0.385 e. The van der Waals surface area contributed by atoms with E-state index in [4.69, 9.17) is 4.74 Å². The Balaban J connectivity index is 1.38. The zero-order valence-corrected chi connectivity index (χ0v) is 20.2. The number of likely N-dealkylation sites (tertiary alicyclic amines) is 1. The third-order valence-electron chi connectivity index (χ3n) is 6.72. The fraction of sp³-hybridized carbons (Fsp3) is 0.333. The van der Waals surface area contributed by atoms with Crippen molar-refractivity contribution in [2.24, 2.45) is 0 Å². The van der Waals surface area contributed by atoms with Gasteiger partial charge in [0.25, 0.3) is 5.56 Å². The summed E-state index contributed by atoms with van der Waals surface area (Å²) in [6.45, 7) is 3.70. The Kier molecular flexibility index (Phi) is 7.29. The Morgan fingerprint density at radius 2 is 1.97 bits per heavy atom. The highest BCUT2D eigenvalue weighted by molar-refractivity contribution is 5.95. The summed E-state index contributed by atoms with van der Waals surface area (Å²) < 4.78 is 20.4. The summed E-state index contributed by atoms with van der Waals surface area (Å²) in [5.41, 5.74) is 2.34. The molecule has 0 unspecified atom stereocenters. The highest BCUT2D eigenvalue weighted by Crippen LogP contribution is 2.33. The van der Waals surface area contributed by atoms with Crippen LogP contribution in [0.1, 0.15) is 30.7 Å². The number of aromatic amines is 1. The van der Waals surface area contributed by atoms with Crippen molar-refractivity contribution in [1.29, 1.82) is 0 Å².